The lowest BCUT2D eigenvalue weighted by Crippen LogP contribution is -2.28. The molecule has 0 amide bonds. The summed E-state index contributed by atoms with van der Waals surface area (Å²) in [7, 11) is 0. The number of nitrogens with one attached hydrogen (secondary N) is 1. The summed E-state index contributed by atoms with van der Waals surface area (Å²) in [5.41, 5.74) is 1.25. The van der Waals surface area contributed by atoms with Crippen LogP contribution < -0.4 is 5.32 Å². The van der Waals surface area contributed by atoms with Gasteiger partial charge in [0.05, 0.1) is 0 Å². The summed E-state index contributed by atoms with van der Waals surface area (Å²) in [6.45, 7) is 7.52. The predicted octanol–water partition coefficient (Wildman–Crippen LogP) is 4.49. The van der Waals surface area contributed by atoms with E-state index in [1.807, 2.05) is 12.1 Å². The zero-order valence-corrected chi connectivity index (χ0v) is 11.9. The summed E-state index contributed by atoms with van der Waals surface area (Å²) in [5, 5.41) is 3.49. The molecule has 0 radical (unpaired) electrons. The fourth-order valence-corrected chi connectivity index (χ4v) is 2.14. The molecule has 0 aliphatic heterocycles. The van der Waals surface area contributed by atoms with Crippen LogP contribution in [0.2, 0.25) is 0 Å². The molecule has 1 unspecified atom stereocenters. The number of hydrogen-bond donors (Lipinski definition) is 1. The highest BCUT2D eigenvalue weighted by molar-refractivity contribution is 5.20. The molecule has 1 atom stereocenters. The Bertz CT molecular complexity index is 318. The third kappa shape index (κ3) is 5.63. The van der Waals surface area contributed by atoms with Crippen LogP contribution in [0.1, 0.15) is 57.9 Å². The summed E-state index contributed by atoms with van der Waals surface area (Å²) in [5.74, 6) is 0.349. The Morgan fingerprint density at radius 2 is 1.78 bits per heavy atom. The zero-order valence-electron chi connectivity index (χ0n) is 11.9. The number of benzene rings is 1. The Morgan fingerprint density at radius 1 is 1.11 bits per heavy atom. The maximum absolute atomic E-state index is 13.0. The second kappa shape index (κ2) is 8.25. The maximum Gasteiger partial charge on any atom is 0.123 e. The Labute approximate surface area is 111 Å². The van der Waals surface area contributed by atoms with Crippen molar-refractivity contribution in [2.75, 3.05) is 6.54 Å². The molecule has 0 bridgehead atoms. The van der Waals surface area contributed by atoms with E-state index < -0.39 is 0 Å². The Hall–Kier alpha value is -0.890. The number of hydrogen-bond acceptors (Lipinski definition) is 1. The van der Waals surface area contributed by atoms with Crippen LogP contribution in [0.15, 0.2) is 24.3 Å². The van der Waals surface area contributed by atoms with Gasteiger partial charge in [-0.3, -0.25) is 0 Å². The van der Waals surface area contributed by atoms with Gasteiger partial charge in [0.2, 0.25) is 0 Å². The molecular formula is C16H26FN. The summed E-state index contributed by atoms with van der Waals surface area (Å²) in [6, 6.07) is 7.48. The molecule has 0 aromatic heterocycles. The summed E-state index contributed by atoms with van der Waals surface area (Å²) in [4.78, 5) is 0. The molecule has 1 rings (SSSR count). The molecule has 1 N–H and O–H groups in total. The van der Waals surface area contributed by atoms with E-state index in [4.69, 9.17) is 0 Å². The van der Waals surface area contributed by atoms with Crippen molar-refractivity contribution in [1.29, 1.82) is 0 Å². The number of halogens is 1. The van der Waals surface area contributed by atoms with E-state index in [0.29, 0.717) is 12.0 Å². The lowest BCUT2D eigenvalue weighted by atomic mass is 9.93. The van der Waals surface area contributed by atoms with E-state index in [-0.39, 0.29) is 5.82 Å². The van der Waals surface area contributed by atoms with Crippen molar-refractivity contribution in [2.45, 2.75) is 58.4 Å². The molecule has 0 spiro atoms. The molecule has 18 heavy (non-hydrogen) atoms. The summed E-state index contributed by atoms with van der Waals surface area (Å²) >= 11 is 0. The van der Waals surface area contributed by atoms with E-state index in [2.05, 4.69) is 26.1 Å². The highest BCUT2D eigenvalue weighted by Gasteiger charge is 2.11. The Balaban J connectivity index is 2.60. The van der Waals surface area contributed by atoms with Crippen molar-refractivity contribution in [3.63, 3.8) is 0 Å². The van der Waals surface area contributed by atoms with E-state index in [1.165, 1.54) is 31.2 Å². The molecule has 1 aromatic rings. The lowest BCUT2D eigenvalue weighted by Gasteiger charge is -2.19. The van der Waals surface area contributed by atoms with E-state index >= 15 is 0 Å². The minimum atomic E-state index is -0.150. The SMILES string of the molecule is CCCCCC(CNC(C)C)c1ccc(F)cc1. The first-order valence-corrected chi connectivity index (χ1v) is 7.12. The second-order valence-corrected chi connectivity index (χ2v) is 5.31. The minimum Gasteiger partial charge on any atom is -0.314 e. The van der Waals surface area contributed by atoms with Crippen LogP contribution in [0.3, 0.4) is 0 Å². The smallest absolute Gasteiger partial charge is 0.123 e. The van der Waals surface area contributed by atoms with Gasteiger partial charge in [-0.05, 0) is 30.0 Å². The van der Waals surface area contributed by atoms with Gasteiger partial charge < -0.3 is 5.32 Å². The van der Waals surface area contributed by atoms with Gasteiger partial charge in [-0.25, -0.2) is 4.39 Å². The van der Waals surface area contributed by atoms with Gasteiger partial charge in [0, 0.05) is 12.6 Å². The molecule has 0 aliphatic carbocycles. The molecule has 0 saturated heterocycles. The van der Waals surface area contributed by atoms with Gasteiger partial charge in [-0.1, -0.05) is 52.2 Å². The quantitative estimate of drug-likeness (QED) is 0.671. The molecule has 0 aliphatic rings. The third-order valence-corrected chi connectivity index (χ3v) is 3.27. The van der Waals surface area contributed by atoms with Crippen LogP contribution in [-0.4, -0.2) is 12.6 Å². The molecule has 2 heteroatoms. The van der Waals surface area contributed by atoms with Crippen molar-refractivity contribution in [2.24, 2.45) is 0 Å². The van der Waals surface area contributed by atoms with Crippen molar-refractivity contribution in [3.8, 4) is 0 Å². The second-order valence-electron chi connectivity index (χ2n) is 5.31. The first kappa shape index (κ1) is 15.2. The van der Waals surface area contributed by atoms with Crippen molar-refractivity contribution in [1.82, 2.24) is 5.32 Å². The highest BCUT2D eigenvalue weighted by Crippen LogP contribution is 2.22. The molecule has 0 saturated carbocycles. The van der Waals surface area contributed by atoms with Crippen LogP contribution in [-0.2, 0) is 0 Å². The Morgan fingerprint density at radius 3 is 2.33 bits per heavy atom. The van der Waals surface area contributed by atoms with Crippen LogP contribution in [0.5, 0.6) is 0 Å². The molecule has 1 aromatic carbocycles. The van der Waals surface area contributed by atoms with Crippen LogP contribution in [0.25, 0.3) is 0 Å². The average molecular weight is 251 g/mol. The monoisotopic (exact) mass is 251 g/mol. The van der Waals surface area contributed by atoms with E-state index in [1.54, 1.807) is 12.1 Å². The fraction of sp³-hybridized carbons (Fsp3) is 0.625. The fourth-order valence-electron chi connectivity index (χ4n) is 2.14. The number of rotatable bonds is 8. The van der Waals surface area contributed by atoms with Gasteiger partial charge in [0.1, 0.15) is 5.82 Å². The summed E-state index contributed by atoms with van der Waals surface area (Å²) in [6.07, 6.45) is 4.95. The van der Waals surface area contributed by atoms with Crippen molar-refractivity contribution < 1.29 is 4.39 Å². The van der Waals surface area contributed by atoms with Crippen molar-refractivity contribution in [3.05, 3.63) is 35.6 Å². The van der Waals surface area contributed by atoms with Crippen LogP contribution >= 0.6 is 0 Å². The summed E-state index contributed by atoms with van der Waals surface area (Å²) < 4.78 is 13.0. The zero-order chi connectivity index (χ0) is 13.4. The lowest BCUT2D eigenvalue weighted by molar-refractivity contribution is 0.489. The third-order valence-electron chi connectivity index (χ3n) is 3.27. The van der Waals surface area contributed by atoms with Crippen molar-refractivity contribution >= 4 is 0 Å². The van der Waals surface area contributed by atoms with E-state index in [0.717, 1.165) is 6.54 Å². The minimum absolute atomic E-state index is 0.150. The molecule has 0 heterocycles. The molecule has 0 fully saturated rings. The van der Waals surface area contributed by atoms with Gasteiger partial charge in [-0.15, -0.1) is 0 Å². The van der Waals surface area contributed by atoms with Gasteiger partial charge in [-0.2, -0.15) is 0 Å². The predicted molar refractivity (Wildman–Crippen MR) is 76.4 cm³/mol. The van der Waals surface area contributed by atoms with Gasteiger partial charge in [0.15, 0.2) is 0 Å². The van der Waals surface area contributed by atoms with Crippen LogP contribution in [0, 0.1) is 5.82 Å². The molecular weight excluding hydrogens is 225 g/mol. The van der Waals surface area contributed by atoms with Gasteiger partial charge in [0.25, 0.3) is 0 Å². The average Bonchev–Trinajstić information content (AvgIpc) is 2.34. The number of unbranched alkanes of at least 4 members (excludes halogenated alkanes) is 2. The van der Waals surface area contributed by atoms with E-state index in [9.17, 15) is 4.39 Å². The van der Waals surface area contributed by atoms with Gasteiger partial charge >= 0.3 is 0 Å². The topological polar surface area (TPSA) is 12.0 Å². The first-order chi connectivity index (χ1) is 8.63. The molecule has 1 nitrogen and oxygen atoms in total. The first-order valence-electron chi connectivity index (χ1n) is 7.12. The Kier molecular flexibility index (Phi) is 6.96. The maximum atomic E-state index is 13.0. The molecule has 102 valence electrons. The normalized spacial score (nSPS) is 12.9. The standard InChI is InChI=1S/C16H26FN/c1-4-5-6-7-15(12-18-13(2)3)14-8-10-16(17)11-9-14/h8-11,13,15,18H,4-7,12H2,1-3H3. The van der Waals surface area contributed by atoms with Crippen LogP contribution in [0.4, 0.5) is 4.39 Å². The largest absolute Gasteiger partial charge is 0.314 e. The highest BCUT2D eigenvalue weighted by atomic mass is 19.1.